The van der Waals surface area contributed by atoms with Gasteiger partial charge in [0.05, 0.1) is 5.92 Å². The van der Waals surface area contributed by atoms with Gasteiger partial charge in [-0.2, -0.15) is 13.2 Å². The Balaban J connectivity index is 1.34. The van der Waals surface area contributed by atoms with Gasteiger partial charge in [-0.1, -0.05) is 48.9 Å². The number of halogens is 3. The highest BCUT2D eigenvalue weighted by molar-refractivity contribution is 7.12. The predicted octanol–water partition coefficient (Wildman–Crippen LogP) is 6.75. The number of carboxylic acids is 1. The van der Waals surface area contributed by atoms with Crippen molar-refractivity contribution in [3.8, 4) is 16.9 Å². The lowest BCUT2D eigenvalue weighted by atomic mass is 9.86. The van der Waals surface area contributed by atoms with Gasteiger partial charge in [0.2, 0.25) is 0 Å². The third kappa shape index (κ3) is 6.18. The van der Waals surface area contributed by atoms with Crippen LogP contribution in [0.2, 0.25) is 0 Å². The Morgan fingerprint density at radius 2 is 1.82 bits per heavy atom. The second-order valence-corrected chi connectivity index (χ2v) is 9.67. The first kappa shape index (κ1) is 24.3. The van der Waals surface area contributed by atoms with E-state index >= 15 is 0 Å². The molecule has 4 nitrogen and oxygen atoms in total. The zero-order chi connectivity index (χ0) is 24.1. The lowest BCUT2D eigenvalue weighted by Gasteiger charge is -2.27. The number of aliphatic carboxylic acids is 1. The van der Waals surface area contributed by atoms with E-state index < -0.39 is 17.0 Å². The van der Waals surface area contributed by atoms with Gasteiger partial charge >= 0.3 is 12.1 Å². The van der Waals surface area contributed by atoms with Crippen molar-refractivity contribution in [1.29, 1.82) is 0 Å². The molecule has 0 radical (unpaired) electrons. The fraction of sp³-hybridized carbons (Fsp3) is 0.346. The van der Waals surface area contributed by atoms with Crippen molar-refractivity contribution in [3.63, 3.8) is 0 Å². The van der Waals surface area contributed by atoms with Gasteiger partial charge in [-0.15, -0.1) is 11.3 Å². The van der Waals surface area contributed by atoms with Crippen molar-refractivity contribution < 1.29 is 27.8 Å². The SMILES string of the molecule is O=C(O)C1CCC[C@H](NCc2ccc(OCc3cc(-c4ccccc4)c(C(F)(F)F)s3)cc2)C1. The molecule has 0 bridgehead atoms. The molecule has 0 aliphatic heterocycles. The largest absolute Gasteiger partial charge is 0.488 e. The van der Waals surface area contributed by atoms with Crippen molar-refractivity contribution in [2.45, 2.75) is 51.1 Å². The van der Waals surface area contributed by atoms with Gasteiger partial charge in [-0.25, -0.2) is 0 Å². The fourth-order valence-corrected chi connectivity index (χ4v) is 5.23. The summed E-state index contributed by atoms with van der Waals surface area (Å²) >= 11 is 0.708. The molecule has 0 saturated heterocycles. The Morgan fingerprint density at radius 1 is 1.09 bits per heavy atom. The topological polar surface area (TPSA) is 58.6 Å². The first-order chi connectivity index (χ1) is 16.3. The van der Waals surface area contributed by atoms with E-state index in [-0.39, 0.29) is 24.1 Å². The van der Waals surface area contributed by atoms with Gasteiger partial charge in [-0.3, -0.25) is 4.79 Å². The molecule has 2 atom stereocenters. The van der Waals surface area contributed by atoms with Gasteiger partial charge in [0.25, 0.3) is 0 Å². The monoisotopic (exact) mass is 489 g/mol. The number of alkyl halides is 3. The molecule has 180 valence electrons. The normalized spacial score (nSPS) is 18.6. The number of carboxylic acid groups (broad SMARTS) is 1. The van der Waals surface area contributed by atoms with Crippen LogP contribution in [0, 0.1) is 5.92 Å². The molecular formula is C26H26F3NO3S. The van der Waals surface area contributed by atoms with Crippen LogP contribution >= 0.6 is 11.3 Å². The summed E-state index contributed by atoms with van der Waals surface area (Å²) in [4.78, 5) is 11.1. The van der Waals surface area contributed by atoms with E-state index in [0.717, 1.165) is 24.8 Å². The van der Waals surface area contributed by atoms with E-state index in [4.69, 9.17) is 4.74 Å². The lowest BCUT2D eigenvalue weighted by molar-refractivity contribution is -0.143. The maximum absolute atomic E-state index is 13.6. The van der Waals surface area contributed by atoms with Gasteiger partial charge in [0.15, 0.2) is 0 Å². The summed E-state index contributed by atoms with van der Waals surface area (Å²) in [6.07, 6.45) is -1.17. The van der Waals surface area contributed by atoms with Crippen LogP contribution in [0.3, 0.4) is 0 Å². The Morgan fingerprint density at radius 3 is 2.50 bits per heavy atom. The van der Waals surface area contributed by atoms with Crippen LogP contribution in [0.4, 0.5) is 13.2 Å². The third-order valence-electron chi connectivity index (χ3n) is 6.05. The molecule has 1 heterocycles. The molecule has 1 aliphatic carbocycles. The van der Waals surface area contributed by atoms with Crippen molar-refractivity contribution in [3.05, 3.63) is 76.0 Å². The zero-order valence-corrected chi connectivity index (χ0v) is 19.3. The molecule has 8 heteroatoms. The molecule has 4 rings (SSSR count). The molecule has 1 aliphatic rings. The quantitative estimate of drug-likeness (QED) is 0.368. The zero-order valence-electron chi connectivity index (χ0n) is 18.5. The number of thiophene rings is 1. The smallest absolute Gasteiger partial charge is 0.426 e. The highest BCUT2D eigenvalue weighted by atomic mass is 32.1. The number of carbonyl (C=O) groups is 1. The molecule has 0 spiro atoms. The number of rotatable bonds is 8. The molecule has 2 aromatic carbocycles. The van der Waals surface area contributed by atoms with Gasteiger partial charge in [0.1, 0.15) is 17.2 Å². The summed E-state index contributed by atoms with van der Waals surface area (Å²) in [7, 11) is 0. The Bertz CT molecular complexity index is 1100. The van der Waals surface area contributed by atoms with Gasteiger partial charge in [-0.05, 0) is 48.6 Å². The van der Waals surface area contributed by atoms with Gasteiger partial charge < -0.3 is 15.2 Å². The predicted molar refractivity (Wildman–Crippen MR) is 126 cm³/mol. The van der Waals surface area contributed by atoms with Crippen molar-refractivity contribution >= 4 is 17.3 Å². The van der Waals surface area contributed by atoms with Gasteiger partial charge in [0, 0.05) is 23.0 Å². The van der Waals surface area contributed by atoms with Crippen LogP contribution in [0.15, 0.2) is 60.7 Å². The minimum Gasteiger partial charge on any atom is -0.488 e. The van der Waals surface area contributed by atoms with E-state index in [1.807, 2.05) is 12.1 Å². The Kier molecular flexibility index (Phi) is 7.58. The van der Waals surface area contributed by atoms with Crippen molar-refractivity contribution in [1.82, 2.24) is 5.32 Å². The summed E-state index contributed by atoms with van der Waals surface area (Å²) in [6, 6.07) is 17.7. The van der Waals surface area contributed by atoms with E-state index in [9.17, 15) is 23.1 Å². The van der Waals surface area contributed by atoms with Crippen LogP contribution < -0.4 is 10.1 Å². The molecule has 3 aromatic rings. The number of ether oxygens (including phenoxy) is 1. The lowest BCUT2D eigenvalue weighted by Crippen LogP contribution is -2.36. The van der Waals surface area contributed by atoms with Crippen LogP contribution in [-0.2, 0) is 24.1 Å². The third-order valence-corrected chi connectivity index (χ3v) is 7.20. The first-order valence-corrected chi connectivity index (χ1v) is 12.0. The molecule has 1 aromatic heterocycles. The second kappa shape index (κ2) is 10.6. The molecule has 1 fully saturated rings. The molecular weight excluding hydrogens is 463 g/mol. The van der Waals surface area contributed by atoms with E-state index in [0.29, 0.717) is 40.5 Å². The highest BCUT2D eigenvalue weighted by Crippen LogP contribution is 2.43. The van der Waals surface area contributed by atoms with E-state index in [2.05, 4.69) is 5.32 Å². The first-order valence-electron chi connectivity index (χ1n) is 11.2. The highest BCUT2D eigenvalue weighted by Gasteiger charge is 2.36. The summed E-state index contributed by atoms with van der Waals surface area (Å²) in [5.41, 5.74) is 1.74. The summed E-state index contributed by atoms with van der Waals surface area (Å²) in [5.74, 6) is -0.424. The molecule has 34 heavy (non-hydrogen) atoms. The van der Waals surface area contributed by atoms with Crippen LogP contribution in [0.25, 0.3) is 11.1 Å². The summed E-state index contributed by atoms with van der Waals surface area (Å²) in [5, 5.41) is 12.7. The summed E-state index contributed by atoms with van der Waals surface area (Å²) in [6.45, 7) is 0.675. The minimum atomic E-state index is -4.43. The number of hydrogen-bond acceptors (Lipinski definition) is 4. The average Bonchev–Trinajstić information content (AvgIpc) is 3.28. The molecule has 1 saturated carbocycles. The van der Waals surface area contributed by atoms with Crippen LogP contribution in [0.5, 0.6) is 5.75 Å². The summed E-state index contributed by atoms with van der Waals surface area (Å²) < 4.78 is 46.4. The minimum absolute atomic E-state index is 0.0524. The Labute approximate surface area is 200 Å². The molecule has 2 N–H and O–H groups in total. The molecule has 1 unspecified atom stereocenters. The number of benzene rings is 2. The maximum Gasteiger partial charge on any atom is 0.426 e. The van der Waals surface area contributed by atoms with Crippen LogP contribution in [-0.4, -0.2) is 17.1 Å². The number of hydrogen-bond donors (Lipinski definition) is 2. The fourth-order valence-electron chi connectivity index (χ4n) is 4.28. The van der Waals surface area contributed by atoms with E-state index in [1.54, 1.807) is 48.5 Å². The Hall–Kier alpha value is -2.84. The van der Waals surface area contributed by atoms with E-state index in [1.165, 1.54) is 0 Å². The van der Waals surface area contributed by atoms with Crippen molar-refractivity contribution in [2.75, 3.05) is 0 Å². The second-order valence-electron chi connectivity index (χ2n) is 8.53. The maximum atomic E-state index is 13.6. The van der Waals surface area contributed by atoms with Crippen molar-refractivity contribution in [2.24, 2.45) is 5.92 Å². The number of nitrogens with one attached hydrogen (secondary N) is 1. The average molecular weight is 490 g/mol. The van der Waals surface area contributed by atoms with Crippen LogP contribution in [0.1, 0.15) is 41.0 Å². The standard InChI is InChI=1S/C26H26F3NO3S/c27-26(28,29)24-23(18-5-2-1-3-6-18)14-22(34-24)16-33-21-11-9-17(10-12-21)15-30-20-8-4-7-19(13-20)25(31)32/h1-3,5-6,9-12,14,19-20,30H,4,7-8,13,15-16H2,(H,31,32)/t19?,20-/m0/s1. The molecule has 0 amide bonds.